The third kappa shape index (κ3) is 6.14. The lowest BCUT2D eigenvalue weighted by atomic mass is 10.3. The molecule has 0 heterocycles. The molecule has 5 nitrogen and oxygen atoms in total. The molecule has 0 rings (SSSR count). The van der Waals surface area contributed by atoms with Gasteiger partial charge < -0.3 is 15.5 Å². The number of aliphatic hydroxyl groups excluding tert-OH is 1. The molecule has 0 aliphatic carbocycles. The highest BCUT2D eigenvalue weighted by atomic mass is 32.2. The van der Waals surface area contributed by atoms with E-state index in [0.29, 0.717) is 0 Å². The molecule has 0 saturated heterocycles. The topological polar surface area (TPSA) is 86.6 Å². The summed E-state index contributed by atoms with van der Waals surface area (Å²) in [6, 6.07) is -0.929. The van der Waals surface area contributed by atoms with Gasteiger partial charge in [-0.05, 0) is 0 Å². The molecule has 6 heteroatoms. The molecule has 0 aliphatic heterocycles. The maximum Gasteiger partial charge on any atom is 0.327 e. The summed E-state index contributed by atoms with van der Waals surface area (Å²) < 4.78 is 0. The van der Waals surface area contributed by atoms with E-state index in [-0.39, 0.29) is 23.5 Å². The molecule has 1 amide bonds. The van der Waals surface area contributed by atoms with E-state index in [4.69, 9.17) is 10.2 Å². The Morgan fingerprint density at radius 2 is 2.20 bits per heavy atom. The van der Waals surface area contributed by atoms with Crippen LogP contribution in [0.4, 0.5) is 0 Å². The Morgan fingerprint density at radius 1 is 1.60 bits per heavy atom. The zero-order valence-electron chi connectivity index (χ0n) is 8.47. The van der Waals surface area contributed by atoms with Crippen molar-refractivity contribution in [2.24, 2.45) is 0 Å². The summed E-state index contributed by atoms with van der Waals surface area (Å²) in [7, 11) is 0. The monoisotopic (exact) mass is 233 g/mol. The molecule has 0 radical (unpaired) electrons. The van der Waals surface area contributed by atoms with Crippen LogP contribution in [-0.2, 0) is 9.59 Å². The van der Waals surface area contributed by atoms with Crippen LogP contribution in [0.15, 0.2) is 12.7 Å². The summed E-state index contributed by atoms with van der Waals surface area (Å²) >= 11 is 1.24. The van der Waals surface area contributed by atoms with Gasteiger partial charge in [0.2, 0.25) is 5.91 Å². The third-order valence-corrected chi connectivity index (χ3v) is 2.89. The number of carbonyl (C=O) groups excluding carboxylic acids is 1. The minimum Gasteiger partial charge on any atom is -0.480 e. The van der Waals surface area contributed by atoms with Crippen LogP contribution < -0.4 is 5.32 Å². The largest absolute Gasteiger partial charge is 0.480 e. The molecule has 15 heavy (non-hydrogen) atoms. The van der Waals surface area contributed by atoms with Gasteiger partial charge in [0.05, 0.1) is 6.61 Å². The number of hydrogen-bond acceptors (Lipinski definition) is 4. The Kier molecular flexibility index (Phi) is 6.81. The van der Waals surface area contributed by atoms with Gasteiger partial charge in [0.1, 0.15) is 6.04 Å². The van der Waals surface area contributed by atoms with E-state index in [9.17, 15) is 9.59 Å². The minimum atomic E-state index is -1.08. The van der Waals surface area contributed by atoms with Crippen LogP contribution in [0.5, 0.6) is 0 Å². The lowest BCUT2D eigenvalue weighted by molar-refractivity contribution is -0.140. The number of amides is 1. The van der Waals surface area contributed by atoms with Gasteiger partial charge in [-0.25, -0.2) is 4.79 Å². The van der Waals surface area contributed by atoms with Gasteiger partial charge in [0.15, 0.2) is 0 Å². The molecule has 3 N–H and O–H groups in total. The summed E-state index contributed by atoms with van der Waals surface area (Å²) in [5, 5.41) is 19.7. The SMILES string of the molecule is C=CC(CO)SC[C@@H](NC(C)=O)C(=O)O. The molecule has 0 fully saturated rings. The lowest BCUT2D eigenvalue weighted by Crippen LogP contribution is -2.41. The third-order valence-electron chi connectivity index (χ3n) is 1.60. The lowest BCUT2D eigenvalue weighted by Gasteiger charge is -2.15. The molecule has 0 aromatic heterocycles. The maximum atomic E-state index is 10.7. The predicted octanol–water partition coefficient (Wildman–Crippen LogP) is -0.144. The molecule has 1 unspecified atom stereocenters. The predicted molar refractivity (Wildman–Crippen MR) is 58.8 cm³/mol. The van der Waals surface area contributed by atoms with Crippen LogP contribution in [0.25, 0.3) is 0 Å². The summed E-state index contributed by atoms with van der Waals surface area (Å²) in [6.07, 6.45) is 1.54. The molecule has 0 spiro atoms. The first kappa shape index (κ1) is 14.0. The van der Waals surface area contributed by atoms with Gasteiger partial charge in [-0.3, -0.25) is 4.79 Å². The van der Waals surface area contributed by atoms with Gasteiger partial charge in [-0.2, -0.15) is 0 Å². The van der Waals surface area contributed by atoms with Crippen molar-refractivity contribution in [2.45, 2.75) is 18.2 Å². The average Bonchev–Trinajstić information content (AvgIpc) is 2.16. The van der Waals surface area contributed by atoms with Crippen molar-refractivity contribution < 1.29 is 19.8 Å². The summed E-state index contributed by atoms with van der Waals surface area (Å²) in [4.78, 5) is 21.4. The molecular formula is C9H15NO4S. The van der Waals surface area contributed by atoms with Gasteiger partial charge in [-0.15, -0.1) is 18.3 Å². The number of carbonyl (C=O) groups is 2. The van der Waals surface area contributed by atoms with Gasteiger partial charge in [0.25, 0.3) is 0 Å². The number of nitrogens with one attached hydrogen (secondary N) is 1. The van der Waals surface area contributed by atoms with E-state index in [1.54, 1.807) is 0 Å². The number of carboxylic acids is 1. The normalized spacial score (nSPS) is 14.0. The Labute approximate surface area is 92.6 Å². The fourth-order valence-corrected chi connectivity index (χ4v) is 1.74. The van der Waals surface area contributed by atoms with E-state index in [1.165, 1.54) is 24.8 Å². The van der Waals surface area contributed by atoms with Crippen LogP contribution in [0.1, 0.15) is 6.92 Å². The Hall–Kier alpha value is -1.01. The molecule has 0 aromatic carbocycles. The fourth-order valence-electron chi connectivity index (χ4n) is 0.835. The maximum absolute atomic E-state index is 10.7. The van der Waals surface area contributed by atoms with Crippen LogP contribution in [0, 0.1) is 0 Å². The average molecular weight is 233 g/mol. The number of hydrogen-bond donors (Lipinski definition) is 3. The number of aliphatic hydroxyl groups is 1. The van der Waals surface area contributed by atoms with Crippen LogP contribution in [0.2, 0.25) is 0 Å². The standard InChI is InChI=1S/C9H15NO4S/c1-3-7(4-11)15-5-8(9(13)14)10-6(2)12/h3,7-8,11H,1,4-5H2,2H3,(H,10,12)(H,13,14)/t7?,8-/m1/s1. The number of rotatable bonds is 7. The Morgan fingerprint density at radius 3 is 2.53 bits per heavy atom. The van der Waals surface area contributed by atoms with Crippen LogP contribution >= 0.6 is 11.8 Å². The van der Waals surface area contributed by atoms with E-state index in [0.717, 1.165) is 0 Å². The Balaban J connectivity index is 4.11. The molecular weight excluding hydrogens is 218 g/mol. The number of aliphatic carboxylic acids is 1. The van der Waals surface area contributed by atoms with Crippen LogP contribution in [-0.4, -0.2) is 45.7 Å². The number of thioether (sulfide) groups is 1. The first-order valence-corrected chi connectivity index (χ1v) is 5.41. The quantitative estimate of drug-likeness (QED) is 0.533. The Bertz CT molecular complexity index is 244. The first-order chi connectivity index (χ1) is 7.01. The van der Waals surface area contributed by atoms with E-state index >= 15 is 0 Å². The van der Waals surface area contributed by atoms with Crippen molar-refractivity contribution in [3.8, 4) is 0 Å². The summed E-state index contributed by atoms with van der Waals surface area (Å²) in [5.74, 6) is -1.27. The highest BCUT2D eigenvalue weighted by Gasteiger charge is 2.19. The zero-order valence-corrected chi connectivity index (χ0v) is 9.29. The zero-order chi connectivity index (χ0) is 11.8. The highest BCUT2D eigenvalue weighted by Crippen LogP contribution is 2.12. The fraction of sp³-hybridized carbons (Fsp3) is 0.556. The van der Waals surface area contributed by atoms with Crippen molar-refractivity contribution >= 4 is 23.6 Å². The first-order valence-electron chi connectivity index (χ1n) is 4.36. The van der Waals surface area contributed by atoms with Crippen LogP contribution in [0.3, 0.4) is 0 Å². The molecule has 0 bridgehead atoms. The second kappa shape index (κ2) is 7.30. The molecule has 0 saturated carbocycles. The van der Waals surface area contributed by atoms with Crippen molar-refractivity contribution in [2.75, 3.05) is 12.4 Å². The molecule has 0 aliphatic rings. The van der Waals surface area contributed by atoms with E-state index in [2.05, 4.69) is 11.9 Å². The van der Waals surface area contributed by atoms with E-state index < -0.39 is 12.0 Å². The van der Waals surface area contributed by atoms with E-state index in [1.807, 2.05) is 0 Å². The summed E-state index contributed by atoms with van der Waals surface area (Å²) in [5.41, 5.74) is 0. The minimum absolute atomic E-state index is 0.0966. The van der Waals surface area contributed by atoms with Crippen molar-refractivity contribution in [3.63, 3.8) is 0 Å². The second-order valence-corrected chi connectivity index (χ2v) is 4.15. The molecule has 86 valence electrons. The smallest absolute Gasteiger partial charge is 0.327 e. The molecule has 0 aromatic rings. The van der Waals surface area contributed by atoms with Crippen molar-refractivity contribution in [3.05, 3.63) is 12.7 Å². The summed E-state index contributed by atoms with van der Waals surface area (Å²) in [6.45, 7) is 4.66. The number of carboxylic acid groups (broad SMARTS) is 1. The van der Waals surface area contributed by atoms with Gasteiger partial charge in [0, 0.05) is 17.9 Å². The van der Waals surface area contributed by atoms with Gasteiger partial charge >= 0.3 is 5.97 Å². The van der Waals surface area contributed by atoms with Crippen molar-refractivity contribution in [1.29, 1.82) is 0 Å². The molecule has 2 atom stereocenters. The van der Waals surface area contributed by atoms with Gasteiger partial charge in [-0.1, -0.05) is 6.08 Å². The van der Waals surface area contributed by atoms with Crippen molar-refractivity contribution in [1.82, 2.24) is 5.32 Å². The highest BCUT2D eigenvalue weighted by molar-refractivity contribution is 8.00. The second-order valence-electron chi connectivity index (χ2n) is 2.88.